The summed E-state index contributed by atoms with van der Waals surface area (Å²) < 4.78 is 0. The van der Waals surface area contributed by atoms with Crippen LogP contribution in [0.25, 0.3) is 0 Å². The highest BCUT2D eigenvalue weighted by Gasteiger charge is 2.31. The van der Waals surface area contributed by atoms with Crippen LogP contribution in [0.4, 0.5) is 0 Å². The van der Waals surface area contributed by atoms with Gasteiger partial charge in [0.25, 0.3) is 0 Å². The molecule has 0 radical (unpaired) electrons. The molecule has 1 saturated heterocycles. The van der Waals surface area contributed by atoms with Crippen molar-refractivity contribution in [2.45, 2.75) is 97.2 Å². The van der Waals surface area contributed by atoms with Gasteiger partial charge < -0.3 is 15.1 Å². The number of β-amino-alcohol motifs (C(OH)–C–C–N with tert-alkyl or cyclic N) is 1. The molecule has 0 aliphatic carbocycles. The van der Waals surface area contributed by atoms with Gasteiger partial charge in [-0.15, -0.1) is 0 Å². The van der Waals surface area contributed by atoms with E-state index < -0.39 is 11.7 Å². The summed E-state index contributed by atoms with van der Waals surface area (Å²) in [7, 11) is 0. The fraction of sp³-hybridized carbons (Fsp3) is 1.00. The SMILES string of the molecule is CC(C)CCCC(C)CCCC(C)(O)C(O)CN1CCCCC1. The molecule has 1 fully saturated rings. The second-order valence-corrected chi connectivity index (χ2v) is 8.56. The molecule has 0 amide bonds. The van der Waals surface area contributed by atoms with Crippen molar-refractivity contribution in [3.8, 4) is 0 Å². The van der Waals surface area contributed by atoms with Gasteiger partial charge in [-0.2, -0.15) is 0 Å². The standard InChI is InChI=1S/C20H41NO2/c1-17(2)10-8-11-18(3)12-9-13-20(4,23)19(22)16-21-14-6-5-7-15-21/h17-19,22-23H,5-16H2,1-4H3. The van der Waals surface area contributed by atoms with Gasteiger partial charge >= 0.3 is 0 Å². The van der Waals surface area contributed by atoms with Gasteiger partial charge in [0.1, 0.15) is 0 Å². The van der Waals surface area contributed by atoms with Gasteiger partial charge in [0.2, 0.25) is 0 Å². The zero-order valence-corrected chi connectivity index (χ0v) is 16.1. The summed E-state index contributed by atoms with van der Waals surface area (Å²) in [6.45, 7) is 11.5. The number of aliphatic hydroxyl groups excluding tert-OH is 1. The molecule has 1 rings (SSSR count). The zero-order chi connectivity index (χ0) is 17.3. The van der Waals surface area contributed by atoms with Crippen LogP contribution in [0.2, 0.25) is 0 Å². The third-order valence-electron chi connectivity index (χ3n) is 5.46. The van der Waals surface area contributed by atoms with Crippen LogP contribution in [-0.2, 0) is 0 Å². The Bertz CT molecular complexity index is 298. The molecule has 0 aromatic heterocycles. The van der Waals surface area contributed by atoms with Crippen molar-refractivity contribution in [3.63, 3.8) is 0 Å². The van der Waals surface area contributed by atoms with E-state index in [0.717, 1.165) is 37.8 Å². The predicted octanol–water partition coefficient (Wildman–Crippen LogP) is 4.22. The van der Waals surface area contributed by atoms with Gasteiger partial charge in [-0.1, -0.05) is 59.3 Å². The van der Waals surface area contributed by atoms with Gasteiger partial charge in [0.15, 0.2) is 0 Å². The maximum atomic E-state index is 10.6. The lowest BCUT2D eigenvalue weighted by Crippen LogP contribution is -2.48. The normalized spacial score (nSPS) is 22.0. The van der Waals surface area contributed by atoms with Crippen LogP contribution in [0.1, 0.15) is 85.5 Å². The number of likely N-dealkylation sites (tertiary alicyclic amines) is 1. The average molecular weight is 328 g/mol. The summed E-state index contributed by atoms with van der Waals surface area (Å²) in [6.07, 6.45) is 9.91. The average Bonchev–Trinajstić information content (AvgIpc) is 2.47. The Morgan fingerprint density at radius 3 is 2.17 bits per heavy atom. The van der Waals surface area contributed by atoms with Gasteiger partial charge in [-0.3, -0.25) is 0 Å². The van der Waals surface area contributed by atoms with E-state index in [4.69, 9.17) is 0 Å². The Labute approximate surface area is 144 Å². The maximum absolute atomic E-state index is 10.6. The highest BCUT2D eigenvalue weighted by Crippen LogP contribution is 2.24. The van der Waals surface area contributed by atoms with Crippen LogP contribution in [0.5, 0.6) is 0 Å². The molecule has 3 nitrogen and oxygen atoms in total. The lowest BCUT2D eigenvalue weighted by Gasteiger charge is -2.35. The molecule has 3 heteroatoms. The van der Waals surface area contributed by atoms with Crippen LogP contribution in [-0.4, -0.2) is 46.5 Å². The lowest BCUT2D eigenvalue weighted by atomic mass is 9.88. The first-order valence-electron chi connectivity index (χ1n) is 9.94. The van der Waals surface area contributed by atoms with Crippen LogP contribution in [0.3, 0.4) is 0 Å². The number of piperidine rings is 1. The van der Waals surface area contributed by atoms with E-state index in [0.29, 0.717) is 13.0 Å². The minimum absolute atomic E-state index is 0.622. The molecule has 23 heavy (non-hydrogen) atoms. The van der Waals surface area contributed by atoms with E-state index in [-0.39, 0.29) is 0 Å². The summed E-state index contributed by atoms with van der Waals surface area (Å²) in [5.41, 5.74) is -0.949. The summed E-state index contributed by atoms with van der Waals surface area (Å²) in [6, 6.07) is 0. The first-order valence-corrected chi connectivity index (χ1v) is 9.94. The van der Waals surface area contributed by atoms with Crippen LogP contribution < -0.4 is 0 Å². The Hall–Kier alpha value is -0.120. The van der Waals surface area contributed by atoms with E-state index in [1.54, 1.807) is 0 Å². The molecule has 2 N–H and O–H groups in total. The number of nitrogens with zero attached hydrogens (tertiary/aromatic N) is 1. The third kappa shape index (κ3) is 9.07. The second kappa shape index (κ2) is 10.7. The molecule has 3 atom stereocenters. The minimum Gasteiger partial charge on any atom is -0.389 e. The third-order valence-corrected chi connectivity index (χ3v) is 5.46. The van der Waals surface area contributed by atoms with Gasteiger partial charge in [0, 0.05) is 6.54 Å². The van der Waals surface area contributed by atoms with E-state index in [9.17, 15) is 10.2 Å². The van der Waals surface area contributed by atoms with Crippen LogP contribution in [0, 0.1) is 11.8 Å². The second-order valence-electron chi connectivity index (χ2n) is 8.56. The fourth-order valence-electron chi connectivity index (χ4n) is 3.58. The van der Waals surface area contributed by atoms with Gasteiger partial charge in [-0.05, 0) is 51.1 Å². The van der Waals surface area contributed by atoms with Crippen molar-refractivity contribution in [2.24, 2.45) is 11.8 Å². The molecule has 3 unspecified atom stereocenters. The van der Waals surface area contributed by atoms with Crippen LogP contribution >= 0.6 is 0 Å². The van der Waals surface area contributed by atoms with Crippen molar-refractivity contribution in [3.05, 3.63) is 0 Å². The van der Waals surface area contributed by atoms with Crippen molar-refractivity contribution in [2.75, 3.05) is 19.6 Å². The van der Waals surface area contributed by atoms with Gasteiger partial charge in [0.05, 0.1) is 11.7 Å². The molecule has 0 spiro atoms. The quantitative estimate of drug-likeness (QED) is 0.597. The molecule has 1 heterocycles. The Morgan fingerprint density at radius 2 is 1.57 bits per heavy atom. The summed E-state index contributed by atoms with van der Waals surface area (Å²) in [5, 5.41) is 21.0. The molecule has 0 saturated carbocycles. The molecular formula is C20H41NO2. The molecule has 0 bridgehead atoms. The number of rotatable bonds is 11. The topological polar surface area (TPSA) is 43.7 Å². The molecule has 1 aliphatic rings. The number of hydrogen-bond acceptors (Lipinski definition) is 3. The molecule has 1 aliphatic heterocycles. The smallest absolute Gasteiger partial charge is 0.0950 e. The minimum atomic E-state index is -0.949. The Morgan fingerprint density at radius 1 is 0.957 bits per heavy atom. The van der Waals surface area contributed by atoms with Crippen molar-refractivity contribution in [1.82, 2.24) is 4.90 Å². The number of aliphatic hydroxyl groups is 2. The Kier molecular flexibility index (Phi) is 9.72. The largest absolute Gasteiger partial charge is 0.389 e. The summed E-state index contributed by atoms with van der Waals surface area (Å²) in [4.78, 5) is 2.30. The number of hydrogen-bond donors (Lipinski definition) is 2. The predicted molar refractivity (Wildman–Crippen MR) is 98.6 cm³/mol. The van der Waals surface area contributed by atoms with Crippen molar-refractivity contribution in [1.29, 1.82) is 0 Å². The van der Waals surface area contributed by atoms with E-state index >= 15 is 0 Å². The molecular weight excluding hydrogens is 286 g/mol. The Balaban J connectivity index is 2.19. The van der Waals surface area contributed by atoms with E-state index in [1.165, 1.54) is 38.5 Å². The monoisotopic (exact) mass is 327 g/mol. The van der Waals surface area contributed by atoms with Crippen molar-refractivity contribution >= 4 is 0 Å². The summed E-state index contributed by atoms with van der Waals surface area (Å²) >= 11 is 0. The zero-order valence-electron chi connectivity index (χ0n) is 16.1. The molecule has 0 aromatic rings. The first kappa shape index (κ1) is 20.9. The first-order chi connectivity index (χ1) is 10.8. The van der Waals surface area contributed by atoms with E-state index in [2.05, 4.69) is 25.7 Å². The van der Waals surface area contributed by atoms with Gasteiger partial charge in [-0.25, -0.2) is 0 Å². The summed E-state index contributed by atoms with van der Waals surface area (Å²) in [5.74, 6) is 1.52. The highest BCUT2D eigenvalue weighted by atomic mass is 16.3. The molecule has 0 aromatic carbocycles. The van der Waals surface area contributed by atoms with Crippen LogP contribution in [0.15, 0.2) is 0 Å². The molecule has 138 valence electrons. The highest BCUT2D eigenvalue weighted by molar-refractivity contribution is 4.85. The van der Waals surface area contributed by atoms with Crippen molar-refractivity contribution < 1.29 is 10.2 Å². The lowest BCUT2D eigenvalue weighted by molar-refractivity contribution is -0.0817. The van der Waals surface area contributed by atoms with E-state index in [1.807, 2.05) is 6.92 Å². The maximum Gasteiger partial charge on any atom is 0.0950 e. The fourth-order valence-corrected chi connectivity index (χ4v) is 3.58.